The summed E-state index contributed by atoms with van der Waals surface area (Å²) < 4.78 is 0. The number of hydrogen-bond acceptors (Lipinski definition) is 2. The van der Waals surface area contributed by atoms with Gasteiger partial charge in [-0.25, -0.2) is 4.79 Å². The first-order chi connectivity index (χ1) is 5.10. The van der Waals surface area contributed by atoms with Crippen molar-refractivity contribution in [2.24, 2.45) is 0 Å². The molecule has 0 atom stereocenters. The molecule has 1 N–H and O–H groups in total. The van der Waals surface area contributed by atoms with E-state index in [4.69, 9.17) is 5.11 Å². The molecule has 0 saturated heterocycles. The normalized spacial score (nSPS) is 12.8. The van der Waals surface area contributed by atoms with Crippen LogP contribution in [0.1, 0.15) is 20.8 Å². The summed E-state index contributed by atoms with van der Waals surface area (Å²) in [5, 5.41) is 7.79. The van der Waals surface area contributed by atoms with Crippen LogP contribution >= 0.6 is 0 Å². The molecule has 0 spiro atoms. The van der Waals surface area contributed by atoms with Crippen LogP contribution in [0.15, 0.2) is 0 Å². The Bertz CT molecular complexity index is 213. The van der Waals surface area contributed by atoms with Gasteiger partial charge in [0.05, 0.1) is 0 Å². The van der Waals surface area contributed by atoms with Gasteiger partial charge in [-0.3, -0.25) is 4.79 Å². The van der Waals surface area contributed by atoms with Gasteiger partial charge >= 0.3 is 5.97 Å². The highest BCUT2D eigenvalue weighted by Crippen LogP contribution is 2.36. The Hall–Kier alpha value is -0.643. The molecule has 12 heavy (non-hydrogen) atoms. The third-order valence-corrected chi connectivity index (χ3v) is 7.74. The summed E-state index contributed by atoms with van der Waals surface area (Å²) >= 11 is 0. The molecule has 4 heteroatoms. The van der Waals surface area contributed by atoms with Crippen molar-refractivity contribution in [1.29, 1.82) is 0 Å². The molecule has 0 aliphatic heterocycles. The van der Waals surface area contributed by atoms with Gasteiger partial charge in [-0.1, -0.05) is 33.9 Å². The topological polar surface area (TPSA) is 54.4 Å². The van der Waals surface area contributed by atoms with Gasteiger partial charge in [0, 0.05) is 0 Å². The second-order valence-electron chi connectivity index (χ2n) is 4.51. The zero-order chi connectivity index (χ0) is 10.2. The minimum Gasteiger partial charge on any atom is -0.476 e. The van der Waals surface area contributed by atoms with Gasteiger partial charge in [-0.15, -0.1) is 0 Å². The fraction of sp³-hybridized carbons (Fsp3) is 0.750. The largest absolute Gasteiger partial charge is 0.476 e. The number of hydrogen-bond donors (Lipinski definition) is 1. The minimum atomic E-state index is -2.31. The van der Waals surface area contributed by atoms with E-state index in [1.165, 1.54) is 0 Å². The first-order valence-corrected chi connectivity index (χ1v) is 6.88. The Labute approximate surface area is 73.8 Å². The van der Waals surface area contributed by atoms with Gasteiger partial charge in [0.15, 0.2) is 0 Å². The summed E-state index contributed by atoms with van der Waals surface area (Å²) in [4.78, 5) is 21.8. The van der Waals surface area contributed by atoms with E-state index < -0.39 is 19.4 Å². The smallest absolute Gasteiger partial charge is 0.366 e. The lowest BCUT2D eigenvalue weighted by molar-refractivity contribution is -0.145. The Morgan fingerprint density at radius 1 is 1.17 bits per heavy atom. The molecule has 0 fully saturated rings. The molecule has 0 unspecified atom stereocenters. The maximum atomic E-state index is 11.3. The van der Waals surface area contributed by atoms with E-state index >= 15 is 0 Å². The molecule has 0 saturated carbocycles. The van der Waals surface area contributed by atoms with Crippen LogP contribution in [0.2, 0.25) is 18.1 Å². The standard InChI is InChI=1S/C8H16O3Si/c1-8(2,3)12(4,5)7(11)6(9)10/h1-5H3,(H,9,10). The number of aliphatic carboxylic acids is 1. The second-order valence-corrected chi connectivity index (χ2v) is 9.71. The predicted molar refractivity (Wildman–Crippen MR) is 49.8 cm³/mol. The molecule has 70 valence electrons. The molecule has 0 heterocycles. The average Bonchev–Trinajstić information content (AvgIpc) is 1.83. The van der Waals surface area contributed by atoms with E-state index in [0.717, 1.165) is 0 Å². The van der Waals surface area contributed by atoms with Gasteiger partial charge in [0.1, 0.15) is 8.07 Å². The number of rotatable bonds is 2. The summed E-state index contributed by atoms with van der Waals surface area (Å²) in [6.45, 7) is 9.34. The highest BCUT2D eigenvalue weighted by molar-refractivity contribution is 7.13. The average molecular weight is 188 g/mol. The maximum Gasteiger partial charge on any atom is 0.366 e. The van der Waals surface area contributed by atoms with Crippen molar-refractivity contribution in [2.75, 3.05) is 0 Å². The molecule has 3 nitrogen and oxygen atoms in total. The highest BCUT2D eigenvalue weighted by Gasteiger charge is 2.45. The molecular weight excluding hydrogens is 172 g/mol. The van der Waals surface area contributed by atoms with Crippen molar-refractivity contribution in [3.8, 4) is 0 Å². The third-order valence-electron chi connectivity index (χ3n) is 2.64. The molecule has 0 aliphatic carbocycles. The molecule has 0 rings (SSSR count). The lowest BCUT2D eigenvalue weighted by Gasteiger charge is -2.33. The van der Waals surface area contributed by atoms with E-state index in [1.807, 2.05) is 20.8 Å². The lowest BCUT2D eigenvalue weighted by Crippen LogP contribution is -2.49. The number of carbonyl (C=O) groups excluding carboxylic acids is 1. The van der Waals surface area contributed by atoms with Crippen LogP contribution in [0.4, 0.5) is 0 Å². The van der Waals surface area contributed by atoms with Crippen molar-refractivity contribution in [3.63, 3.8) is 0 Å². The van der Waals surface area contributed by atoms with E-state index in [2.05, 4.69) is 0 Å². The molecule has 0 aromatic rings. The first kappa shape index (κ1) is 11.4. The summed E-state index contributed by atoms with van der Waals surface area (Å²) in [6, 6.07) is 0. The molecule has 0 aromatic carbocycles. The number of carboxylic acid groups (broad SMARTS) is 1. The van der Waals surface area contributed by atoms with Crippen LogP contribution in [0.5, 0.6) is 0 Å². The zero-order valence-electron chi connectivity index (χ0n) is 8.26. The predicted octanol–water partition coefficient (Wildman–Crippen LogP) is 1.69. The molecule has 0 aromatic heterocycles. The monoisotopic (exact) mass is 188 g/mol. The molecule has 0 aliphatic rings. The summed E-state index contributed by atoms with van der Waals surface area (Å²) in [6.07, 6.45) is 0. The van der Waals surface area contributed by atoms with Gasteiger partial charge < -0.3 is 5.11 Å². The van der Waals surface area contributed by atoms with Gasteiger partial charge in [0.25, 0.3) is 0 Å². The molecule has 0 bridgehead atoms. The Balaban J connectivity index is 4.87. The van der Waals surface area contributed by atoms with Gasteiger partial charge in [0.2, 0.25) is 5.41 Å². The van der Waals surface area contributed by atoms with Crippen molar-refractivity contribution in [3.05, 3.63) is 0 Å². The van der Waals surface area contributed by atoms with Gasteiger partial charge in [-0.2, -0.15) is 0 Å². The van der Waals surface area contributed by atoms with E-state index in [9.17, 15) is 9.59 Å². The van der Waals surface area contributed by atoms with Crippen molar-refractivity contribution in [2.45, 2.75) is 38.9 Å². The lowest BCUT2D eigenvalue weighted by atomic mass is 10.2. The summed E-state index contributed by atoms with van der Waals surface area (Å²) in [5.74, 6) is -1.29. The maximum absolute atomic E-state index is 11.3. The SMILES string of the molecule is CC(C)(C)[Si](C)(C)C(=O)C(=O)O. The van der Waals surface area contributed by atoms with Crippen LogP contribution in [0.25, 0.3) is 0 Å². The summed E-state index contributed by atoms with van der Waals surface area (Å²) in [7, 11) is -2.31. The Morgan fingerprint density at radius 2 is 1.50 bits per heavy atom. The quantitative estimate of drug-likeness (QED) is 0.530. The fourth-order valence-corrected chi connectivity index (χ4v) is 1.82. The minimum absolute atomic E-state index is 0.192. The van der Waals surface area contributed by atoms with Crippen LogP contribution in [-0.2, 0) is 9.59 Å². The zero-order valence-corrected chi connectivity index (χ0v) is 9.26. The Morgan fingerprint density at radius 3 is 1.58 bits per heavy atom. The van der Waals surface area contributed by atoms with Crippen LogP contribution in [-0.4, -0.2) is 24.6 Å². The Kier molecular flexibility index (Phi) is 2.85. The molecular formula is C8H16O3Si. The fourth-order valence-electron chi connectivity index (χ4n) is 0.608. The van der Waals surface area contributed by atoms with Crippen LogP contribution in [0.3, 0.4) is 0 Å². The van der Waals surface area contributed by atoms with Gasteiger partial charge in [-0.05, 0) is 5.04 Å². The van der Waals surface area contributed by atoms with E-state index in [1.54, 1.807) is 13.1 Å². The number of carbonyl (C=O) groups is 2. The second kappa shape index (κ2) is 3.01. The van der Waals surface area contributed by atoms with Crippen LogP contribution < -0.4 is 0 Å². The first-order valence-electron chi connectivity index (χ1n) is 3.88. The van der Waals surface area contributed by atoms with E-state index in [-0.39, 0.29) is 5.04 Å². The third kappa shape index (κ3) is 1.94. The molecule has 0 amide bonds. The van der Waals surface area contributed by atoms with Crippen molar-refractivity contribution < 1.29 is 14.7 Å². The van der Waals surface area contributed by atoms with Crippen LogP contribution in [0, 0.1) is 0 Å². The van der Waals surface area contributed by atoms with Crippen molar-refractivity contribution >= 4 is 19.4 Å². The van der Waals surface area contributed by atoms with Crippen molar-refractivity contribution in [1.82, 2.24) is 0 Å². The van der Waals surface area contributed by atoms with E-state index in [0.29, 0.717) is 0 Å². The number of carboxylic acids is 1. The highest BCUT2D eigenvalue weighted by atomic mass is 28.3. The summed E-state index contributed by atoms with van der Waals surface area (Å²) in [5.41, 5.74) is 0. The molecule has 0 radical (unpaired) electrons.